The fourth-order valence-electron chi connectivity index (χ4n) is 1.55. The van der Waals surface area contributed by atoms with Crippen LogP contribution in [0.3, 0.4) is 0 Å². The van der Waals surface area contributed by atoms with Crippen LogP contribution in [0.25, 0.3) is 0 Å². The van der Waals surface area contributed by atoms with E-state index in [0.29, 0.717) is 30.8 Å². The molecule has 0 aliphatic rings. The first kappa shape index (κ1) is 14.2. The standard InChI is InChI=1S/C14H18O4/c1-10-6-7-13(12(9-10)11(2)15)18-8-4-5-14(16)17-3/h6-7,9H,4-5,8H2,1-3H3. The Morgan fingerprint density at radius 2 is 2.00 bits per heavy atom. The van der Waals surface area contributed by atoms with Crippen LogP contribution in [0.15, 0.2) is 18.2 Å². The lowest BCUT2D eigenvalue weighted by atomic mass is 10.1. The molecule has 4 heteroatoms. The molecule has 0 radical (unpaired) electrons. The molecule has 98 valence electrons. The number of hydrogen-bond acceptors (Lipinski definition) is 4. The average Bonchev–Trinajstić information content (AvgIpc) is 2.35. The second kappa shape index (κ2) is 6.79. The quantitative estimate of drug-likeness (QED) is 0.442. The van der Waals surface area contributed by atoms with E-state index in [-0.39, 0.29) is 11.8 Å². The lowest BCUT2D eigenvalue weighted by Gasteiger charge is -2.10. The first-order chi connectivity index (χ1) is 8.54. The normalized spacial score (nSPS) is 9.94. The molecule has 0 aromatic heterocycles. The van der Waals surface area contributed by atoms with Gasteiger partial charge in [-0.1, -0.05) is 11.6 Å². The number of benzene rings is 1. The number of Topliss-reactive ketones (excluding diaryl/α,β-unsaturated/α-hetero) is 1. The molecule has 0 spiro atoms. The lowest BCUT2D eigenvalue weighted by molar-refractivity contribution is -0.140. The van der Waals surface area contributed by atoms with Crippen LogP contribution >= 0.6 is 0 Å². The van der Waals surface area contributed by atoms with Crippen LogP contribution in [-0.4, -0.2) is 25.5 Å². The minimum absolute atomic E-state index is 0.0262. The molecule has 1 rings (SSSR count). The van der Waals surface area contributed by atoms with Crippen molar-refractivity contribution in [1.82, 2.24) is 0 Å². The SMILES string of the molecule is COC(=O)CCCOc1ccc(C)cc1C(C)=O. The summed E-state index contributed by atoms with van der Waals surface area (Å²) in [5.74, 6) is 0.286. The van der Waals surface area contributed by atoms with Gasteiger partial charge in [-0.05, 0) is 32.4 Å². The molecule has 0 N–H and O–H groups in total. The van der Waals surface area contributed by atoms with Gasteiger partial charge in [-0.25, -0.2) is 0 Å². The number of rotatable bonds is 6. The van der Waals surface area contributed by atoms with Crippen LogP contribution in [0, 0.1) is 6.92 Å². The Kier molecular flexibility index (Phi) is 5.36. The molecule has 0 fully saturated rings. The zero-order valence-corrected chi connectivity index (χ0v) is 11.0. The van der Waals surface area contributed by atoms with Gasteiger partial charge in [0, 0.05) is 6.42 Å². The summed E-state index contributed by atoms with van der Waals surface area (Å²) >= 11 is 0. The number of carbonyl (C=O) groups is 2. The Balaban J connectivity index is 2.56. The van der Waals surface area contributed by atoms with Gasteiger partial charge in [0.2, 0.25) is 0 Å². The maximum Gasteiger partial charge on any atom is 0.305 e. The van der Waals surface area contributed by atoms with Gasteiger partial charge < -0.3 is 9.47 Å². The molecule has 18 heavy (non-hydrogen) atoms. The van der Waals surface area contributed by atoms with Gasteiger partial charge in [-0.15, -0.1) is 0 Å². The van der Waals surface area contributed by atoms with Crippen molar-refractivity contribution in [2.75, 3.05) is 13.7 Å². The van der Waals surface area contributed by atoms with E-state index in [1.807, 2.05) is 13.0 Å². The van der Waals surface area contributed by atoms with E-state index in [2.05, 4.69) is 4.74 Å². The summed E-state index contributed by atoms with van der Waals surface area (Å²) in [6.07, 6.45) is 0.885. The minimum atomic E-state index is -0.255. The highest BCUT2D eigenvalue weighted by molar-refractivity contribution is 5.97. The Bertz CT molecular complexity index is 437. The topological polar surface area (TPSA) is 52.6 Å². The summed E-state index contributed by atoms with van der Waals surface area (Å²) < 4.78 is 10.1. The van der Waals surface area contributed by atoms with Crippen molar-refractivity contribution in [3.05, 3.63) is 29.3 Å². The number of carbonyl (C=O) groups excluding carboxylic acids is 2. The van der Waals surface area contributed by atoms with Crippen molar-refractivity contribution in [3.63, 3.8) is 0 Å². The van der Waals surface area contributed by atoms with Gasteiger partial charge in [0.05, 0.1) is 19.3 Å². The number of aryl methyl sites for hydroxylation is 1. The zero-order chi connectivity index (χ0) is 13.5. The summed E-state index contributed by atoms with van der Waals surface area (Å²) in [6, 6.07) is 5.48. The molecule has 0 aliphatic carbocycles. The van der Waals surface area contributed by atoms with E-state index in [0.717, 1.165) is 5.56 Å². The minimum Gasteiger partial charge on any atom is -0.493 e. The third-order valence-electron chi connectivity index (χ3n) is 2.52. The predicted octanol–water partition coefficient (Wildman–Crippen LogP) is 2.53. The summed E-state index contributed by atoms with van der Waals surface area (Å²) in [7, 11) is 1.36. The van der Waals surface area contributed by atoms with Crippen LogP contribution in [0.2, 0.25) is 0 Å². The highest BCUT2D eigenvalue weighted by atomic mass is 16.5. The highest BCUT2D eigenvalue weighted by Gasteiger charge is 2.09. The fourth-order valence-corrected chi connectivity index (χ4v) is 1.55. The number of esters is 1. The molecule has 1 aromatic carbocycles. The summed E-state index contributed by atoms with van der Waals surface area (Å²) in [6.45, 7) is 3.82. The van der Waals surface area contributed by atoms with Crippen LogP contribution < -0.4 is 4.74 Å². The molecule has 0 amide bonds. The van der Waals surface area contributed by atoms with Crippen molar-refractivity contribution in [2.24, 2.45) is 0 Å². The van der Waals surface area contributed by atoms with E-state index in [4.69, 9.17) is 4.74 Å². The number of hydrogen-bond donors (Lipinski definition) is 0. The lowest BCUT2D eigenvalue weighted by Crippen LogP contribution is -2.06. The summed E-state index contributed by atoms with van der Waals surface area (Å²) in [5, 5.41) is 0. The van der Waals surface area contributed by atoms with Crippen molar-refractivity contribution in [1.29, 1.82) is 0 Å². The van der Waals surface area contributed by atoms with Gasteiger partial charge in [-0.3, -0.25) is 9.59 Å². The Morgan fingerprint density at radius 3 is 2.61 bits per heavy atom. The van der Waals surface area contributed by atoms with Gasteiger partial charge >= 0.3 is 5.97 Å². The van der Waals surface area contributed by atoms with Crippen LogP contribution in [0.4, 0.5) is 0 Å². The highest BCUT2D eigenvalue weighted by Crippen LogP contribution is 2.20. The molecule has 0 atom stereocenters. The second-order valence-corrected chi connectivity index (χ2v) is 4.08. The smallest absolute Gasteiger partial charge is 0.305 e. The Morgan fingerprint density at radius 1 is 1.28 bits per heavy atom. The summed E-state index contributed by atoms with van der Waals surface area (Å²) in [5.41, 5.74) is 1.59. The maximum atomic E-state index is 11.5. The van der Waals surface area contributed by atoms with E-state index in [9.17, 15) is 9.59 Å². The third-order valence-corrected chi connectivity index (χ3v) is 2.52. The van der Waals surface area contributed by atoms with Gasteiger partial charge in [0.1, 0.15) is 5.75 Å². The van der Waals surface area contributed by atoms with Crippen LogP contribution in [0.5, 0.6) is 5.75 Å². The Labute approximate surface area is 107 Å². The molecule has 1 aromatic rings. The predicted molar refractivity (Wildman–Crippen MR) is 67.9 cm³/mol. The van der Waals surface area contributed by atoms with Crippen molar-refractivity contribution in [3.8, 4) is 5.75 Å². The molecule has 0 unspecified atom stereocenters. The second-order valence-electron chi connectivity index (χ2n) is 4.08. The monoisotopic (exact) mass is 250 g/mol. The molecular weight excluding hydrogens is 232 g/mol. The van der Waals surface area contributed by atoms with Gasteiger partial charge in [-0.2, -0.15) is 0 Å². The molecule has 0 bridgehead atoms. The molecular formula is C14H18O4. The van der Waals surface area contributed by atoms with Crippen LogP contribution in [-0.2, 0) is 9.53 Å². The van der Waals surface area contributed by atoms with E-state index >= 15 is 0 Å². The molecule has 0 heterocycles. The van der Waals surface area contributed by atoms with E-state index < -0.39 is 0 Å². The van der Waals surface area contributed by atoms with E-state index in [1.54, 1.807) is 12.1 Å². The van der Waals surface area contributed by atoms with Gasteiger partial charge in [0.15, 0.2) is 5.78 Å². The largest absolute Gasteiger partial charge is 0.493 e. The number of methoxy groups -OCH3 is 1. The number of ether oxygens (including phenoxy) is 2. The molecule has 4 nitrogen and oxygen atoms in total. The summed E-state index contributed by atoms with van der Waals surface area (Å²) in [4.78, 5) is 22.4. The van der Waals surface area contributed by atoms with Gasteiger partial charge in [0.25, 0.3) is 0 Å². The van der Waals surface area contributed by atoms with Crippen molar-refractivity contribution in [2.45, 2.75) is 26.7 Å². The molecule has 0 aliphatic heterocycles. The fraction of sp³-hybridized carbons (Fsp3) is 0.429. The molecule has 0 saturated carbocycles. The van der Waals surface area contributed by atoms with E-state index in [1.165, 1.54) is 14.0 Å². The zero-order valence-electron chi connectivity index (χ0n) is 11.0. The first-order valence-electron chi connectivity index (χ1n) is 5.86. The Hall–Kier alpha value is -1.84. The average molecular weight is 250 g/mol. The number of ketones is 1. The third kappa shape index (κ3) is 4.20. The molecule has 0 saturated heterocycles. The van der Waals surface area contributed by atoms with Crippen molar-refractivity contribution >= 4 is 11.8 Å². The van der Waals surface area contributed by atoms with Crippen molar-refractivity contribution < 1.29 is 19.1 Å². The first-order valence-corrected chi connectivity index (χ1v) is 5.86. The maximum absolute atomic E-state index is 11.5. The van der Waals surface area contributed by atoms with Crippen LogP contribution in [0.1, 0.15) is 35.7 Å².